The largest absolute Gasteiger partial charge is 0.337 e. The fourth-order valence-corrected chi connectivity index (χ4v) is 2.27. The zero-order valence-corrected chi connectivity index (χ0v) is 10.0. The monoisotopic (exact) mass is 239 g/mol. The highest BCUT2D eigenvalue weighted by molar-refractivity contribution is 7.81. The number of nitrogens with zero attached hydrogens (tertiary/aromatic N) is 1. The first-order valence-electron chi connectivity index (χ1n) is 5.27. The Bertz CT molecular complexity index is 421. The molecule has 2 rings (SSSR count). The second-order valence-electron chi connectivity index (χ2n) is 4.20. The van der Waals surface area contributed by atoms with Gasteiger partial charge < -0.3 is 4.90 Å². The summed E-state index contributed by atoms with van der Waals surface area (Å²) in [7, 11) is 0. The first-order chi connectivity index (χ1) is 7.56. The van der Waals surface area contributed by atoms with Crippen LogP contribution in [0.1, 0.15) is 17.5 Å². The molecule has 0 bridgehead atoms. The lowest BCUT2D eigenvalue weighted by atomic mass is 10.1. The second-order valence-corrected chi connectivity index (χ2v) is 4.93. The van der Waals surface area contributed by atoms with Gasteiger partial charge in [0.1, 0.15) is 5.82 Å². The molecule has 1 aromatic rings. The van der Waals surface area contributed by atoms with E-state index in [-0.39, 0.29) is 17.0 Å². The fraction of sp³-hybridized carbons (Fsp3) is 0.417. The standard InChI is InChI=1S/C12H14FNOS/c1-8-2-3-10(13)4-9(8)6-14-7-11(16)5-12(14)15/h2-4,11,16H,5-7H2,1H3. The average Bonchev–Trinajstić information content (AvgIpc) is 2.51. The van der Waals surface area contributed by atoms with Crippen LogP contribution >= 0.6 is 12.6 Å². The number of rotatable bonds is 2. The van der Waals surface area contributed by atoms with Crippen molar-refractivity contribution in [3.63, 3.8) is 0 Å². The van der Waals surface area contributed by atoms with Gasteiger partial charge in [-0.3, -0.25) is 4.79 Å². The van der Waals surface area contributed by atoms with Crippen molar-refractivity contribution in [2.24, 2.45) is 0 Å². The summed E-state index contributed by atoms with van der Waals surface area (Å²) in [4.78, 5) is 13.3. The predicted octanol–water partition coefficient (Wildman–Crippen LogP) is 2.16. The quantitative estimate of drug-likeness (QED) is 0.784. The molecule has 0 N–H and O–H groups in total. The molecule has 1 aliphatic heterocycles. The fourth-order valence-electron chi connectivity index (χ4n) is 1.92. The minimum absolute atomic E-state index is 0.101. The number of thiol groups is 1. The molecule has 0 radical (unpaired) electrons. The molecule has 1 heterocycles. The van der Waals surface area contributed by atoms with Gasteiger partial charge >= 0.3 is 0 Å². The van der Waals surface area contributed by atoms with Crippen LogP contribution in [0, 0.1) is 12.7 Å². The molecular weight excluding hydrogens is 225 g/mol. The number of aryl methyl sites for hydroxylation is 1. The van der Waals surface area contributed by atoms with Crippen LogP contribution in [0.3, 0.4) is 0 Å². The third kappa shape index (κ3) is 2.38. The molecule has 1 atom stereocenters. The summed E-state index contributed by atoms with van der Waals surface area (Å²) in [5.41, 5.74) is 1.88. The Kier molecular flexibility index (Phi) is 3.19. The molecule has 0 aliphatic carbocycles. The van der Waals surface area contributed by atoms with E-state index < -0.39 is 0 Å². The number of hydrogen-bond acceptors (Lipinski definition) is 2. The number of hydrogen-bond donors (Lipinski definition) is 1. The summed E-state index contributed by atoms with van der Waals surface area (Å²) in [5.74, 6) is -0.154. The van der Waals surface area contributed by atoms with Crippen molar-refractivity contribution in [1.82, 2.24) is 4.90 Å². The number of benzene rings is 1. The molecular formula is C12H14FNOS. The van der Waals surface area contributed by atoms with Gasteiger partial charge in [0.05, 0.1) is 0 Å². The van der Waals surface area contributed by atoms with Gasteiger partial charge in [-0.15, -0.1) is 0 Å². The van der Waals surface area contributed by atoms with Crippen LogP contribution in [0.5, 0.6) is 0 Å². The van der Waals surface area contributed by atoms with E-state index in [9.17, 15) is 9.18 Å². The van der Waals surface area contributed by atoms with Gasteiger partial charge in [0.2, 0.25) is 5.91 Å². The van der Waals surface area contributed by atoms with Gasteiger partial charge in [0, 0.05) is 24.8 Å². The topological polar surface area (TPSA) is 20.3 Å². The van der Waals surface area contributed by atoms with Crippen molar-refractivity contribution < 1.29 is 9.18 Å². The van der Waals surface area contributed by atoms with Crippen LogP contribution in [0.25, 0.3) is 0 Å². The molecule has 1 saturated heterocycles. The Labute approximate surface area is 99.9 Å². The number of carbonyl (C=O) groups is 1. The highest BCUT2D eigenvalue weighted by Gasteiger charge is 2.27. The van der Waals surface area contributed by atoms with Crippen LogP contribution in [-0.4, -0.2) is 22.6 Å². The zero-order chi connectivity index (χ0) is 11.7. The van der Waals surface area contributed by atoms with E-state index in [1.165, 1.54) is 12.1 Å². The third-order valence-electron chi connectivity index (χ3n) is 2.87. The van der Waals surface area contributed by atoms with Crippen molar-refractivity contribution in [2.75, 3.05) is 6.54 Å². The Morgan fingerprint density at radius 2 is 2.31 bits per heavy atom. The van der Waals surface area contributed by atoms with Gasteiger partial charge in [-0.1, -0.05) is 6.07 Å². The van der Waals surface area contributed by atoms with Gasteiger partial charge in [-0.2, -0.15) is 12.6 Å². The van der Waals surface area contributed by atoms with E-state index in [0.717, 1.165) is 11.1 Å². The highest BCUT2D eigenvalue weighted by Crippen LogP contribution is 2.20. The van der Waals surface area contributed by atoms with Crippen LogP contribution in [0.2, 0.25) is 0 Å². The molecule has 1 fully saturated rings. The summed E-state index contributed by atoms with van der Waals surface area (Å²) >= 11 is 4.29. The number of halogens is 1. The van der Waals surface area contributed by atoms with Gasteiger partial charge in [-0.25, -0.2) is 4.39 Å². The predicted molar refractivity (Wildman–Crippen MR) is 63.9 cm³/mol. The number of carbonyl (C=O) groups excluding carboxylic acids is 1. The van der Waals surface area contributed by atoms with Gasteiger partial charge in [0.15, 0.2) is 0 Å². The van der Waals surface area contributed by atoms with E-state index in [1.54, 1.807) is 11.0 Å². The molecule has 4 heteroatoms. The SMILES string of the molecule is Cc1ccc(F)cc1CN1CC(S)CC1=O. The van der Waals surface area contributed by atoms with Gasteiger partial charge in [0.25, 0.3) is 0 Å². The van der Waals surface area contributed by atoms with Crippen LogP contribution < -0.4 is 0 Å². The second kappa shape index (κ2) is 4.45. The first kappa shape index (κ1) is 11.5. The molecule has 1 amide bonds. The molecule has 0 aromatic heterocycles. The maximum Gasteiger partial charge on any atom is 0.224 e. The van der Waals surface area contributed by atoms with E-state index in [4.69, 9.17) is 0 Å². The number of amides is 1. The minimum Gasteiger partial charge on any atom is -0.337 e. The first-order valence-corrected chi connectivity index (χ1v) is 5.79. The lowest BCUT2D eigenvalue weighted by Gasteiger charge is -2.17. The summed E-state index contributed by atoms with van der Waals surface area (Å²) in [5, 5.41) is 0.112. The molecule has 1 aromatic carbocycles. The molecule has 16 heavy (non-hydrogen) atoms. The third-order valence-corrected chi connectivity index (χ3v) is 3.21. The Hall–Kier alpha value is -1.03. The molecule has 0 spiro atoms. The maximum atomic E-state index is 13.1. The van der Waals surface area contributed by atoms with Crippen LogP contribution in [-0.2, 0) is 11.3 Å². The van der Waals surface area contributed by atoms with Gasteiger partial charge in [-0.05, 0) is 30.2 Å². The normalized spacial score (nSPS) is 20.6. The summed E-state index contributed by atoms with van der Waals surface area (Å²) in [6.07, 6.45) is 0.484. The van der Waals surface area contributed by atoms with E-state index >= 15 is 0 Å². The Morgan fingerprint density at radius 3 is 2.94 bits per heavy atom. The molecule has 1 unspecified atom stereocenters. The number of likely N-dealkylation sites (tertiary alicyclic amines) is 1. The lowest BCUT2D eigenvalue weighted by Crippen LogP contribution is -2.25. The van der Waals surface area contributed by atoms with Crippen molar-refractivity contribution >= 4 is 18.5 Å². The van der Waals surface area contributed by atoms with Crippen molar-refractivity contribution in [3.05, 3.63) is 35.1 Å². The highest BCUT2D eigenvalue weighted by atomic mass is 32.1. The van der Waals surface area contributed by atoms with Crippen molar-refractivity contribution in [3.8, 4) is 0 Å². The van der Waals surface area contributed by atoms with E-state index in [0.29, 0.717) is 19.5 Å². The molecule has 86 valence electrons. The van der Waals surface area contributed by atoms with E-state index in [1.807, 2.05) is 6.92 Å². The molecule has 2 nitrogen and oxygen atoms in total. The lowest BCUT2D eigenvalue weighted by molar-refractivity contribution is -0.128. The van der Waals surface area contributed by atoms with Crippen LogP contribution in [0.15, 0.2) is 18.2 Å². The summed E-state index contributed by atoms with van der Waals surface area (Å²) in [6.45, 7) is 3.06. The van der Waals surface area contributed by atoms with Crippen molar-refractivity contribution in [2.45, 2.75) is 25.1 Å². The maximum absolute atomic E-state index is 13.1. The molecule has 0 saturated carbocycles. The summed E-state index contributed by atoms with van der Waals surface area (Å²) in [6, 6.07) is 4.67. The average molecular weight is 239 g/mol. The zero-order valence-electron chi connectivity index (χ0n) is 9.11. The van der Waals surface area contributed by atoms with E-state index in [2.05, 4.69) is 12.6 Å². The Balaban J connectivity index is 2.15. The Morgan fingerprint density at radius 1 is 1.56 bits per heavy atom. The van der Waals surface area contributed by atoms with Crippen LogP contribution in [0.4, 0.5) is 4.39 Å². The minimum atomic E-state index is -0.255. The summed E-state index contributed by atoms with van der Waals surface area (Å²) < 4.78 is 13.1. The molecule has 1 aliphatic rings. The smallest absolute Gasteiger partial charge is 0.224 e. The van der Waals surface area contributed by atoms with Crippen molar-refractivity contribution in [1.29, 1.82) is 0 Å².